The van der Waals surface area contributed by atoms with Gasteiger partial charge in [-0.2, -0.15) is 27.5 Å². The minimum Gasteiger partial charge on any atom is -0.486 e. The number of hydrogen-bond donors (Lipinski definition) is 5. The van der Waals surface area contributed by atoms with Crippen LogP contribution >= 0.6 is 15.5 Å². The quantitative estimate of drug-likeness (QED) is 0.0311. The van der Waals surface area contributed by atoms with Gasteiger partial charge in [-0.15, -0.1) is 0 Å². The van der Waals surface area contributed by atoms with Crippen molar-refractivity contribution in [3.8, 4) is 5.75 Å². The number of aliphatic carboxylic acids is 1. The van der Waals surface area contributed by atoms with Crippen molar-refractivity contribution in [2.75, 3.05) is 75.1 Å². The third kappa shape index (κ3) is 21.5. The van der Waals surface area contributed by atoms with E-state index >= 15 is 0 Å². The smallest absolute Gasteiger partial charge is 0.412 e. The maximum Gasteiger partial charge on any atom is 0.412 e. The number of carboxylic acids is 1. The number of amides is 2. The SMILES string of the molecule is CC(=O)COC(=O)[C@H]1C(OP(=O)(OCC(F)(F)F)c2ccccc2)CC2CCC1N2C.CN1C2CCC1[C@@H](C(=O)OCC(=O)O)[C@@H](O[P+](C)(O)O)C2.CNC(=O)[C@H]1C(OC(=O)c2ccc(OCC(C)=O)cc2)CC2CCC1N2C.CNC(=O)[C@H]1C(OC(=O)c2ccccc2)CC2CCC1N2COC=O. The Morgan fingerprint density at radius 2 is 1.01 bits per heavy atom. The Bertz CT molecular complexity index is 3530. The first-order valence-electron chi connectivity index (χ1n) is 34.4. The zero-order valence-electron chi connectivity index (χ0n) is 59.2. The van der Waals surface area contributed by atoms with Crippen molar-refractivity contribution in [1.29, 1.82) is 0 Å². The second-order valence-electron chi connectivity index (χ2n) is 27.3. The molecule has 8 fully saturated rings. The van der Waals surface area contributed by atoms with Crippen molar-refractivity contribution in [2.24, 2.45) is 23.7 Å². The third-order valence-corrected chi connectivity index (χ3v) is 23.1. The van der Waals surface area contributed by atoms with E-state index in [1.807, 2.05) is 37.0 Å². The molecular formula is C70H94F3N6O23P2+. The lowest BCUT2D eigenvalue weighted by molar-refractivity contribution is -0.165. The van der Waals surface area contributed by atoms with Gasteiger partial charge < -0.3 is 48.7 Å². The van der Waals surface area contributed by atoms with Gasteiger partial charge in [0, 0.05) is 75.3 Å². The van der Waals surface area contributed by atoms with Crippen LogP contribution < -0.4 is 20.7 Å². The Morgan fingerprint density at radius 3 is 1.49 bits per heavy atom. The van der Waals surface area contributed by atoms with E-state index in [4.69, 9.17) is 47.1 Å². The van der Waals surface area contributed by atoms with Crippen LogP contribution in [-0.2, 0) is 80.2 Å². The van der Waals surface area contributed by atoms with Crippen LogP contribution in [0.25, 0.3) is 0 Å². The number of rotatable bonds is 25. The molecule has 8 bridgehead atoms. The van der Waals surface area contributed by atoms with Crippen molar-refractivity contribution in [1.82, 2.24) is 30.2 Å². The standard InChI is InChI=1S/C20H25F3NO6P.C20H26N2O5.C18H22N2O5.C12H20NO7P/c1-13(25)11-28-19(26)18-16-9-8-14(24(16)2)10-17(18)30-31(27,29-12-20(21,22)23)15-6-4-3-5-7-15;1-12(23)11-26-15-7-4-13(5-8-15)20(25)27-17-10-14-6-9-16(22(14)3)18(17)19(24)21-2;1-19-17(22)16-14-8-7-13(20(14)10-24-11-21)9-15(16)25-18(23)12-5-3-2-4-6-12;1-13-7-3-4-8(13)11(12(16)19-6-10(14)15)9(5-7)20-21(2,17)18/h3-7,14,16-18H,8-12H2,1-2H3;4-5,7-8,14,16-18H,6,9-11H2,1-3H3,(H,21,24);2-6,11,13-16H,7-10H2,1H3,(H,19,22);7-9,11,17-18H,3-6H2,1-2H3/p+1/t14?,16?,17?,18-,31?;14?,16?,17?,18-;13?,14?,15?,16-;7?,8?,9-,11+/m1110/s1. The number of benzene rings is 3. The number of ether oxygens (including phenoxy) is 6. The number of carbonyl (C=O) groups excluding carboxylic acids is 9. The lowest BCUT2D eigenvalue weighted by atomic mass is 9.86. The molecule has 5 N–H and O–H groups in total. The van der Waals surface area contributed by atoms with E-state index in [1.165, 1.54) is 44.8 Å². The highest BCUT2D eigenvalue weighted by atomic mass is 31.2. The lowest BCUT2D eigenvalue weighted by Gasteiger charge is -2.42. The molecule has 11 rings (SSSR count). The minimum atomic E-state index is -4.71. The first-order chi connectivity index (χ1) is 49.2. The molecule has 2 amide bonds. The average molecular weight is 1510 g/mol. The number of fused-ring (bicyclic) bond motifs is 8. The molecule has 8 saturated heterocycles. The van der Waals surface area contributed by atoms with Crippen LogP contribution in [-0.4, -0.2) is 248 Å². The number of ketones is 2. The van der Waals surface area contributed by atoms with Crippen molar-refractivity contribution < 1.29 is 123 Å². The molecule has 0 aromatic heterocycles. The molecule has 8 aliphatic heterocycles. The second kappa shape index (κ2) is 36.8. The number of nitrogens with one attached hydrogen (secondary N) is 2. The predicted molar refractivity (Wildman–Crippen MR) is 365 cm³/mol. The summed E-state index contributed by atoms with van der Waals surface area (Å²) in [5, 5.41) is 14.0. The summed E-state index contributed by atoms with van der Waals surface area (Å²) in [6, 6.07) is 22.9. The Hall–Kier alpha value is -7.35. The van der Waals surface area contributed by atoms with Gasteiger partial charge in [0.2, 0.25) is 11.8 Å². The Labute approximate surface area is 601 Å². The molecule has 8 aliphatic rings. The van der Waals surface area contributed by atoms with Crippen LogP contribution in [0.3, 0.4) is 0 Å². The Kier molecular flexibility index (Phi) is 29.1. The number of esters is 4. The third-order valence-electron chi connectivity index (χ3n) is 20.5. The maximum absolute atomic E-state index is 13.5. The number of Topliss-reactive ketones (excluding diaryl/α,β-unsaturated/α-hetero) is 2. The molecule has 3 aromatic carbocycles. The van der Waals surface area contributed by atoms with Crippen LogP contribution in [0.15, 0.2) is 84.9 Å². The fourth-order valence-electron chi connectivity index (χ4n) is 15.7. The molecule has 0 saturated carbocycles. The highest BCUT2D eigenvalue weighted by Gasteiger charge is 2.57. The Morgan fingerprint density at radius 1 is 0.577 bits per heavy atom. The minimum absolute atomic E-state index is 0.00400. The second-order valence-corrected chi connectivity index (χ2v) is 31.2. The molecule has 34 heteroatoms. The van der Waals surface area contributed by atoms with Gasteiger partial charge in [-0.3, -0.25) is 62.3 Å². The molecule has 8 heterocycles. The van der Waals surface area contributed by atoms with Gasteiger partial charge in [0.05, 0.1) is 40.3 Å². The van der Waals surface area contributed by atoms with Crippen LogP contribution in [0.4, 0.5) is 13.2 Å². The first-order valence-corrected chi connectivity index (χ1v) is 38.0. The number of piperidine rings is 4. The monoisotopic (exact) mass is 1510 g/mol. The van der Waals surface area contributed by atoms with E-state index in [9.17, 15) is 75.5 Å². The molecule has 0 aliphatic carbocycles. The summed E-state index contributed by atoms with van der Waals surface area (Å²) in [6.45, 7) is 1.61. The van der Waals surface area contributed by atoms with Gasteiger partial charge >= 0.3 is 51.6 Å². The molecule has 17 atom stereocenters. The number of carbonyl (C=O) groups is 10. The number of halogens is 3. The van der Waals surface area contributed by atoms with E-state index < -0.39 is 114 Å². The van der Waals surface area contributed by atoms with Crippen LogP contribution in [0.1, 0.15) is 112 Å². The summed E-state index contributed by atoms with van der Waals surface area (Å²) < 4.78 is 99.4. The molecule has 0 spiro atoms. The first kappa shape index (κ1) is 82.3. The van der Waals surface area contributed by atoms with E-state index in [-0.39, 0.29) is 96.7 Å². The maximum atomic E-state index is 13.5. The zero-order valence-corrected chi connectivity index (χ0v) is 61.0. The number of nitrogens with zero attached hydrogens (tertiary/aromatic N) is 4. The van der Waals surface area contributed by atoms with Gasteiger partial charge in [-0.1, -0.05) is 36.4 Å². The van der Waals surface area contributed by atoms with E-state index in [2.05, 4.69) is 20.4 Å². The van der Waals surface area contributed by atoms with E-state index in [1.54, 1.807) is 68.7 Å². The summed E-state index contributed by atoms with van der Waals surface area (Å²) in [4.78, 5) is 146. The molecule has 3 aromatic rings. The molecule has 29 nitrogen and oxygen atoms in total. The van der Waals surface area contributed by atoms with Crippen molar-refractivity contribution in [3.05, 3.63) is 96.1 Å². The summed E-state index contributed by atoms with van der Waals surface area (Å²) in [6.07, 6.45) is 1.47. The summed E-state index contributed by atoms with van der Waals surface area (Å²) in [7, 11) is 1.08. The van der Waals surface area contributed by atoms with Crippen molar-refractivity contribution in [2.45, 2.75) is 170 Å². The number of hydrogen-bond acceptors (Lipinski definition) is 26. The fraction of sp³-hybridized carbons (Fsp3) is 0.600. The number of alkyl halides is 3. The van der Waals surface area contributed by atoms with Crippen LogP contribution in [0.2, 0.25) is 0 Å². The fourth-order valence-corrected chi connectivity index (χ4v) is 18.2. The van der Waals surface area contributed by atoms with Crippen molar-refractivity contribution >= 4 is 80.5 Å². The van der Waals surface area contributed by atoms with Crippen LogP contribution in [0.5, 0.6) is 5.75 Å². The van der Waals surface area contributed by atoms with Crippen LogP contribution in [0, 0.1) is 23.7 Å². The normalized spacial score (nSPS) is 28.9. The topological polar surface area (TPSA) is 369 Å². The van der Waals surface area contributed by atoms with Gasteiger partial charge in [0.1, 0.15) is 56.6 Å². The summed E-state index contributed by atoms with van der Waals surface area (Å²) in [5.74, 6) is -6.05. The predicted octanol–water partition coefficient (Wildman–Crippen LogP) is 5.29. The highest BCUT2D eigenvalue weighted by molar-refractivity contribution is 7.62. The molecule has 104 heavy (non-hydrogen) atoms. The molecule has 0 radical (unpaired) electrons. The van der Waals surface area contributed by atoms with Gasteiger partial charge in [0.25, 0.3) is 6.47 Å². The average Bonchev–Trinajstić information content (AvgIpc) is 1.49. The largest absolute Gasteiger partial charge is 0.486 e. The van der Waals surface area contributed by atoms with Gasteiger partial charge in [0.15, 0.2) is 24.8 Å². The van der Waals surface area contributed by atoms with E-state index in [0.29, 0.717) is 55.1 Å². The zero-order chi connectivity index (χ0) is 76.0. The summed E-state index contributed by atoms with van der Waals surface area (Å²) in [5.41, 5.74) is 0.865. The molecule has 12 unspecified atom stereocenters. The van der Waals surface area contributed by atoms with E-state index in [0.717, 1.165) is 44.9 Å². The lowest BCUT2D eigenvalue weighted by Crippen LogP contribution is -2.57. The van der Waals surface area contributed by atoms with Gasteiger partial charge in [-0.05, 0) is 148 Å². The summed E-state index contributed by atoms with van der Waals surface area (Å²) >= 11 is 0. The Balaban J connectivity index is 0.000000177. The van der Waals surface area contributed by atoms with Crippen molar-refractivity contribution in [3.63, 3.8) is 0 Å². The van der Waals surface area contributed by atoms with Gasteiger partial charge in [-0.25, -0.2) is 14.4 Å². The number of carboxylic acid groups (broad SMARTS) is 1. The molecule has 572 valence electrons. The highest BCUT2D eigenvalue weighted by Crippen LogP contribution is 2.55. The molecular weight excluding hydrogens is 1410 g/mol.